The zero-order valence-corrected chi connectivity index (χ0v) is 22.3. The van der Waals surface area contributed by atoms with Gasteiger partial charge in [0.05, 0.1) is 12.3 Å². The number of hydrogen-bond acceptors (Lipinski definition) is 5. The maximum Gasteiger partial charge on any atom is 0.347 e. The van der Waals surface area contributed by atoms with E-state index in [2.05, 4.69) is 19.1 Å². The number of carbonyl (C=O) groups is 1. The fourth-order valence-corrected chi connectivity index (χ4v) is 4.15. The van der Waals surface area contributed by atoms with Gasteiger partial charge in [0.15, 0.2) is 5.60 Å². The molecule has 0 saturated carbocycles. The van der Waals surface area contributed by atoms with E-state index in [0.29, 0.717) is 36.8 Å². The van der Waals surface area contributed by atoms with Gasteiger partial charge in [-0.25, -0.2) is 9.78 Å². The Balaban J connectivity index is 1.48. The summed E-state index contributed by atoms with van der Waals surface area (Å²) in [6.45, 7) is 5.67. The van der Waals surface area contributed by atoms with Crippen molar-refractivity contribution in [2.75, 3.05) is 6.61 Å². The van der Waals surface area contributed by atoms with Gasteiger partial charge in [0.25, 0.3) is 0 Å². The molecular weight excluding hydrogens is 478 g/mol. The smallest absolute Gasteiger partial charge is 0.347 e. The molecule has 3 aromatic carbocycles. The maximum absolute atomic E-state index is 11.7. The highest BCUT2D eigenvalue weighted by Crippen LogP contribution is 2.30. The number of aryl methyl sites for hydroxylation is 3. The minimum atomic E-state index is -1.34. The van der Waals surface area contributed by atoms with Gasteiger partial charge in [-0.05, 0) is 74.6 Å². The summed E-state index contributed by atoms with van der Waals surface area (Å²) >= 11 is 0. The van der Waals surface area contributed by atoms with Crippen LogP contribution in [0.3, 0.4) is 0 Å². The van der Waals surface area contributed by atoms with E-state index in [-0.39, 0.29) is 0 Å². The lowest BCUT2D eigenvalue weighted by atomic mass is 10.0. The first-order valence-electron chi connectivity index (χ1n) is 13.1. The van der Waals surface area contributed by atoms with Crippen LogP contribution in [0.2, 0.25) is 0 Å². The van der Waals surface area contributed by atoms with Gasteiger partial charge in [0, 0.05) is 18.4 Å². The van der Waals surface area contributed by atoms with Crippen molar-refractivity contribution in [1.29, 1.82) is 0 Å². The molecule has 1 aromatic heterocycles. The molecule has 0 saturated heterocycles. The Labute approximate surface area is 224 Å². The Bertz CT molecular complexity index is 1330. The van der Waals surface area contributed by atoms with Crippen LogP contribution in [0.15, 0.2) is 83.3 Å². The number of hydrogen-bond donors (Lipinski definition) is 1. The van der Waals surface area contributed by atoms with E-state index < -0.39 is 11.6 Å². The van der Waals surface area contributed by atoms with Crippen molar-refractivity contribution in [3.63, 3.8) is 0 Å². The Morgan fingerprint density at radius 3 is 2.32 bits per heavy atom. The van der Waals surface area contributed by atoms with Gasteiger partial charge in [-0.2, -0.15) is 0 Å². The van der Waals surface area contributed by atoms with Crippen molar-refractivity contribution in [1.82, 2.24) is 4.98 Å². The van der Waals surface area contributed by atoms with Gasteiger partial charge < -0.3 is 19.0 Å². The second kappa shape index (κ2) is 12.5. The van der Waals surface area contributed by atoms with Gasteiger partial charge in [-0.1, -0.05) is 55.5 Å². The average molecular weight is 514 g/mol. The molecule has 0 radical (unpaired) electrons. The monoisotopic (exact) mass is 513 g/mol. The number of aromatic nitrogens is 1. The molecule has 6 nitrogen and oxygen atoms in total. The summed E-state index contributed by atoms with van der Waals surface area (Å²) in [5.41, 5.74) is 2.63. The molecule has 0 aliphatic carbocycles. The van der Waals surface area contributed by atoms with Crippen molar-refractivity contribution in [3.8, 4) is 23.0 Å². The normalized spacial score (nSPS) is 11.3. The standard InChI is InChI=1S/C32H35NO5/c1-4-11-29-27(33-30(37-29)24-14-9-6-10-15-24)20-21-36-26-18-19-28(38-32(2,3)31(34)35)25(22-26)17-16-23-12-7-5-8-13-23/h5-10,12-15,18-19,22H,4,11,16-17,20-21H2,1-3H3,(H,34,35). The SMILES string of the molecule is CCCc1oc(-c2ccccc2)nc1CCOc1ccc(OC(C)(C)C(=O)O)c(CCc2ccccc2)c1. The molecule has 1 heterocycles. The van der Waals surface area contributed by atoms with E-state index in [0.717, 1.165) is 41.8 Å². The fourth-order valence-electron chi connectivity index (χ4n) is 4.15. The molecule has 0 aliphatic heterocycles. The van der Waals surface area contributed by atoms with Crippen LogP contribution in [0, 0.1) is 0 Å². The third kappa shape index (κ3) is 7.03. The van der Waals surface area contributed by atoms with Crippen LogP contribution in [0.4, 0.5) is 0 Å². The minimum Gasteiger partial charge on any atom is -0.493 e. The first-order valence-corrected chi connectivity index (χ1v) is 13.1. The summed E-state index contributed by atoms with van der Waals surface area (Å²) in [5.74, 6) is 1.78. The molecule has 0 atom stereocenters. The summed E-state index contributed by atoms with van der Waals surface area (Å²) in [4.78, 5) is 16.4. The van der Waals surface area contributed by atoms with Gasteiger partial charge in [-0.3, -0.25) is 0 Å². The summed E-state index contributed by atoms with van der Waals surface area (Å²) in [6, 6.07) is 25.7. The lowest BCUT2D eigenvalue weighted by Crippen LogP contribution is -2.38. The van der Waals surface area contributed by atoms with Crippen LogP contribution < -0.4 is 9.47 Å². The summed E-state index contributed by atoms with van der Waals surface area (Å²) in [7, 11) is 0. The van der Waals surface area contributed by atoms with Gasteiger partial charge in [0.2, 0.25) is 5.89 Å². The highest BCUT2D eigenvalue weighted by Gasteiger charge is 2.30. The lowest BCUT2D eigenvalue weighted by molar-refractivity contribution is -0.152. The molecule has 4 aromatic rings. The van der Waals surface area contributed by atoms with E-state index in [1.54, 1.807) is 19.9 Å². The van der Waals surface area contributed by atoms with Crippen LogP contribution in [-0.4, -0.2) is 28.3 Å². The van der Waals surface area contributed by atoms with Crippen molar-refractivity contribution in [3.05, 3.63) is 101 Å². The Kier molecular flexibility index (Phi) is 8.85. The minimum absolute atomic E-state index is 0.441. The quantitative estimate of drug-likeness (QED) is 0.208. The predicted octanol–water partition coefficient (Wildman–Crippen LogP) is 6.94. The van der Waals surface area contributed by atoms with Gasteiger partial charge in [-0.15, -0.1) is 0 Å². The predicted molar refractivity (Wildman–Crippen MR) is 148 cm³/mol. The maximum atomic E-state index is 11.7. The highest BCUT2D eigenvalue weighted by atomic mass is 16.5. The average Bonchev–Trinajstić information content (AvgIpc) is 3.32. The van der Waals surface area contributed by atoms with E-state index in [1.165, 1.54) is 5.56 Å². The molecule has 1 N–H and O–H groups in total. The first-order chi connectivity index (χ1) is 18.4. The Morgan fingerprint density at radius 2 is 1.63 bits per heavy atom. The number of rotatable bonds is 13. The molecule has 0 fully saturated rings. The van der Waals surface area contributed by atoms with Crippen LogP contribution in [0.1, 0.15) is 49.8 Å². The molecule has 6 heteroatoms. The number of nitrogens with zero attached hydrogens (tertiary/aromatic N) is 1. The largest absolute Gasteiger partial charge is 0.493 e. The number of ether oxygens (including phenoxy) is 2. The van der Waals surface area contributed by atoms with Crippen molar-refractivity contribution in [2.24, 2.45) is 0 Å². The lowest BCUT2D eigenvalue weighted by Gasteiger charge is -2.24. The van der Waals surface area contributed by atoms with Gasteiger partial charge >= 0.3 is 5.97 Å². The Hall–Kier alpha value is -4.06. The molecule has 0 aliphatic rings. The molecule has 198 valence electrons. The zero-order chi connectivity index (χ0) is 27.0. The van der Waals surface area contributed by atoms with Crippen LogP contribution >= 0.6 is 0 Å². The van der Waals surface area contributed by atoms with Crippen molar-refractivity contribution >= 4 is 5.97 Å². The Morgan fingerprint density at radius 1 is 0.921 bits per heavy atom. The van der Waals surface area contributed by atoms with Gasteiger partial charge in [0.1, 0.15) is 17.3 Å². The first kappa shape index (κ1) is 27.0. The molecule has 4 rings (SSSR count). The molecule has 0 unspecified atom stereocenters. The van der Waals surface area contributed by atoms with E-state index in [1.807, 2.05) is 60.7 Å². The fraction of sp³-hybridized carbons (Fsp3) is 0.312. The summed E-state index contributed by atoms with van der Waals surface area (Å²) < 4.78 is 18.1. The second-order valence-electron chi connectivity index (χ2n) is 9.78. The van der Waals surface area contributed by atoms with Crippen LogP contribution in [-0.2, 0) is 30.5 Å². The van der Waals surface area contributed by atoms with E-state index >= 15 is 0 Å². The second-order valence-corrected chi connectivity index (χ2v) is 9.78. The van der Waals surface area contributed by atoms with Crippen molar-refractivity contribution in [2.45, 2.75) is 58.5 Å². The van der Waals surface area contributed by atoms with E-state index in [4.69, 9.17) is 18.9 Å². The third-order valence-electron chi connectivity index (χ3n) is 6.32. The number of carboxylic acid groups (broad SMARTS) is 1. The third-order valence-corrected chi connectivity index (χ3v) is 6.32. The molecule has 0 spiro atoms. The highest BCUT2D eigenvalue weighted by molar-refractivity contribution is 5.76. The molecular formula is C32H35NO5. The summed E-state index contributed by atoms with van der Waals surface area (Å²) in [5, 5.41) is 9.55. The molecule has 38 heavy (non-hydrogen) atoms. The van der Waals surface area contributed by atoms with Crippen LogP contribution in [0.25, 0.3) is 11.5 Å². The van der Waals surface area contributed by atoms with Crippen LogP contribution in [0.5, 0.6) is 11.5 Å². The van der Waals surface area contributed by atoms with Crippen molar-refractivity contribution < 1.29 is 23.8 Å². The van der Waals surface area contributed by atoms with E-state index in [9.17, 15) is 9.90 Å². The number of carboxylic acids is 1. The molecule has 0 amide bonds. The zero-order valence-electron chi connectivity index (χ0n) is 22.3. The summed E-state index contributed by atoms with van der Waals surface area (Å²) in [6.07, 6.45) is 3.90. The molecule has 0 bridgehead atoms. The number of aliphatic carboxylic acids is 1. The topological polar surface area (TPSA) is 81.8 Å². The number of oxazole rings is 1. The number of benzene rings is 3.